The normalized spacial score (nSPS) is 12.6. The molecule has 0 N–H and O–H groups in total. The van der Waals surface area contributed by atoms with Gasteiger partial charge in [-0.25, -0.2) is 4.85 Å². The summed E-state index contributed by atoms with van der Waals surface area (Å²) in [5.74, 6) is 0. The predicted octanol–water partition coefficient (Wildman–Crippen LogP) is 11.6. The number of fused-ring (bicyclic) bond motifs is 4. The summed E-state index contributed by atoms with van der Waals surface area (Å²) >= 11 is 0. The molecule has 3 heteroatoms. The summed E-state index contributed by atoms with van der Waals surface area (Å²) < 4.78 is 0. The first kappa shape index (κ1) is 28.1. The summed E-state index contributed by atoms with van der Waals surface area (Å²) in [5, 5.41) is 13.6. The van der Waals surface area contributed by atoms with E-state index in [1.165, 1.54) is 41.6 Å². The number of benzene rings is 6. The van der Waals surface area contributed by atoms with Crippen LogP contribution in [0, 0.1) is 31.8 Å². The molecule has 0 unspecified atom stereocenters. The molecule has 3 nitrogen and oxygen atoms in total. The minimum Gasteiger partial charge on any atom is -0.310 e. The van der Waals surface area contributed by atoms with Crippen molar-refractivity contribution in [3.8, 4) is 6.07 Å². The molecule has 0 atom stereocenters. The van der Waals surface area contributed by atoms with E-state index < -0.39 is 0 Å². The van der Waals surface area contributed by atoms with Crippen molar-refractivity contribution in [2.75, 3.05) is 4.90 Å². The second kappa shape index (κ2) is 11.8. The zero-order valence-corrected chi connectivity index (χ0v) is 25.6. The summed E-state index contributed by atoms with van der Waals surface area (Å²) in [7, 11) is 0. The maximum absolute atomic E-state index is 9.98. The molecule has 0 aliphatic heterocycles. The molecule has 45 heavy (non-hydrogen) atoms. The van der Waals surface area contributed by atoms with E-state index in [1.807, 2.05) is 19.1 Å². The van der Waals surface area contributed by atoms with Gasteiger partial charge in [0.25, 0.3) is 0 Å². The Morgan fingerprint density at radius 3 is 1.96 bits per heavy atom. The first-order valence-electron chi connectivity index (χ1n) is 15.6. The number of aryl methyl sites for hydroxylation is 4. The fourth-order valence-electron chi connectivity index (χ4n) is 6.61. The van der Waals surface area contributed by atoms with Crippen molar-refractivity contribution < 1.29 is 0 Å². The molecule has 0 heterocycles. The molecule has 7 rings (SSSR count). The van der Waals surface area contributed by atoms with Crippen molar-refractivity contribution in [2.24, 2.45) is 0 Å². The standard InChI is InChI=1S/C42H33N3/c1-28-8-17-34(18-9-28)45(36-21-16-32-6-4-5-7-33(32)26-36)35-19-13-30(14-20-35)11-12-31-15-23-38-37-22-10-29(2)24-39(37)41(27-43)42(44-3)40(38)25-31/h8-26H,4-7H2,1-2H3. The van der Waals surface area contributed by atoms with E-state index >= 15 is 0 Å². The molecular formula is C42H33N3. The predicted molar refractivity (Wildman–Crippen MR) is 189 cm³/mol. The van der Waals surface area contributed by atoms with Crippen LogP contribution >= 0.6 is 0 Å². The molecule has 0 spiro atoms. The Bertz CT molecular complexity index is 2190. The lowest BCUT2D eigenvalue weighted by Crippen LogP contribution is -2.12. The Kier molecular flexibility index (Phi) is 7.38. The highest BCUT2D eigenvalue weighted by Gasteiger charge is 2.17. The van der Waals surface area contributed by atoms with Crippen molar-refractivity contribution in [1.29, 1.82) is 5.26 Å². The minimum absolute atomic E-state index is 0.420. The third-order valence-corrected chi connectivity index (χ3v) is 9.00. The molecule has 6 aromatic carbocycles. The first-order chi connectivity index (χ1) is 22.0. The maximum Gasteiger partial charge on any atom is 0.212 e. The average molecular weight is 580 g/mol. The number of nitrogens with zero attached hydrogens (tertiary/aromatic N) is 3. The van der Waals surface area contributed by atoms with Crippen molar-refractivity contribution in [1.82, 2.24) is 0 Å². The molecule has 0 saturated heterocycles. The van der Waals surface area contributed by atoms with E-state index in [1.54, 1.807) is 0 Å². The molecular weight excluding hydrogens is 546 g/mol. The van der Waals surface area contributed by atoms with Gasteiger partial charge in [-0.3, -0.25) is 0 Å². The van der Waals surface area contributed by atoms with E-state index in [-0.39, 0.29) is 0 Å². The number of rotatable bonds is 5. The van der Waals surface area contributed by atoms with Crippen LogP contribution in [0.2, 0.25) is 0 Å². The van der Waals surface area contributed by atoms with E-state index in [0.717, 1.165) is 56.0 Å². The molecule has 6 aromatic rings. The molecule has 0 saturated carbocycles. The topological polar surface area (TPSA) is 31.4 Å². The Hall–Kier alpha value is -5.64. The van der Waals surface area contributed by atoms with Crippen LogP contribution in [-0.2, 0) is 12.8 Å². The molecule has 0 amide bonds. The quantitative estimate of drug-likeness (QED) is 0.116. The summed E-state index contributed by atoms with van der Waals surface area (Å²) in [5.41, 5.74) is 11.7. The van der Waals surface area contributed by atoms with Gasteiger partial charge in [0.1, 0.15) is 0 Å². The van der Waals surface area contributed by atoms with Crippen LogP contribution in [0.4, 0.5) is 22.7 Å². The van der Waals surface area contributed by atoms with Gasteiger partial charge in [-0.15, -0.1) is 0 Å². The van der Waals surface area contributed by atoms with Crippen molar-refractivity contribution in [3.63, 3.8) is 0 Å². The second-order valence-corrected chi connectivity index (χ2v) is 12.1. The number of nitriles is 1. The molecule has 0 bridgehead atoms. The molecule has 1 aliphatic carbocycles. The van der Waals surface area contributed by atoms with Crippen LogP contribution in [0.3, 0.4) is 0 Å². The highest BCUT2D eigenvalue weighted by atomic mass is 15.1. The minimum atomic E-state index is 0.420. The smallest absolute Gasteiger partial charge is 0.212 e. The van der Waals surface area contributed by atoms with Gasteiger partial charge >= 0.3 is 0 Å². The number of hydrogen-bond acceptors (Lipinski definition) is 2. The zero-order chi connectivity index (χ0) is 30.9. The third kappa shape index (κ3) is 5.35. The van der Waals surface area contributed by atoms with Crippen LogP contribution in [0.1, 0.15) is 51.8 Å². The monoisotopic (exact) mass is 579 g/mol. The van der Waals surface area contributed by atoms with Crippen molar-refractivity contribution in [3.05, 3.63) is 153 Å². The molecule has 0 fully saturated rings. The highest BCUT2D eigenvalue weighted by molar-refractivity contribution is 6.17. The Labute approximate surface area is 265 Å². The largest absolute Gasteiger partial charge is 0.310 e. The summed E-state index contributed by atoms with van der Waals surface area (Å²) in [6.07, 6.45) is 9.04. The van der Waals surface area contributed by atoms with Gasteiger partial charge in [0.05, 0.1) is 18.2 Å². The van der Waals surface area contributed by atoms with Gasteiger partial charge in [-0.1, -0.05) is 90.0 Å². The third-order valence-electron chi connectivity index (χ3n) is 9.00. The van der Waals surface area contributed by atoms with Crippen LogP contribution in [0.25, 0.3) is 38.5 Å². The van der Waals surface area contributed by atoms with Crippen LogP contribution in [0.15, 0.2) is 103 Å². The van der Waals surface area contributed by atoms with E-state index in [4.69, 9.17) is 6.57 Å². The molecule has 216 valence electrons. The zero-order valence-electron chi connectivity index (χ0n) is 25.6. The van der Waals surface area contributed by atoms with Crippen LogP contribution < -0.4 is 4.90 Å². The number of anilines is 3. The average Bonchev–Trinajstić information content (AvgIpc) is 3.08. The van der Waals surface area contributed by atoms with Crippen LogP contribution in [0.5, 0.6) is 0 Å². The van der Waals surface area contributed by atoms with Crippen molar-refractivity contribution >= 4 is 56.4 Å². The fourth-order valence-corrected chi connectivity index (χ4v) is 6.61. The van der Waals surface area contributed by atoms with Gasteiger partial charge in [0.2, 0.25) is 5.69 Å². The van der Waals surface area contributed by atoms with Gasteiger partial charge < -0.3 is 4.90 Å². The lowest BCUT2D eigenvalue weighted by molar-refractivity contribution is 0.685. The van der Waals surface area contributed by atoms with E-state index in [0.29, 0.717) is 11.3 Å². The fraction of sp³-hybridized carbons (Fsp3) is 0.143. The van der Waals surface area contributed by atoms with E-state index in [2.05, 4.69) is 126 Å². The maximum atomic E-state index is 9.98. The van der Waals surface area contributed by atoms with Gasteiger partial charge in [-0.2, -0.15) is 5.26 Å². The molecule has 1 aliphatic rings. The van der Waals surface area contributed by atoms with Gasteiger partial charge in [0, 0.05) is 17.1 Å². The molecule has 0 radical (unpaired) electrons. The summed E-state index contributed by atoms with van der Waals surface area (Å²) in [6, 6.07) is 39.0. The number of hydrogen-bond donors (Lipinski definition) is 0. The first-order valence-corrected chi connectivity index (χ1v) is 15.6. The second-order valence-electron chi connectivity index (χ2n) is 12.1. The van der Waals surface area contributed by atoms with Gasteiger partial charge in [-0.05, 0) is 120 Å². The summed E-state index contributed by atoms with van der Waals surface area (Å²) in [6.45, 7) is 12.0. The Balaban J connectivity index is 1.23. The van der Waals surface area contributed by atoms with Crippen LogP contribution in [-0.4, -0.2) is 0 Å². The molecule has 0 aromatic heterocycles. The lowest BCUT2D eigenvalue weighted by atomic mass is 9.91. The van der Waals surface area contributed by atoms with Gasteiger partial charge in [0.15, 0.2) is 0 Å². The van der Waals surface area contributed by atoms with Crippen molar-refractivity contribution in [2.45, 2.75) is 39.5 Å². The SMILES string of the molecule is [C-]#[N+]c1c(C#N)c2cc(C)ccc2c2ccc(C=Cc3ccc(N(c4ccc(C)cc4)c4ccc5c(c4)CCCC5)cc3)cc12. The highest BCUT2D eigenvalue weighted by Crippen LogP contribution is 2.40. The summed E-state index contributed by atoms with van der Waals surface area (Å²) in [4.78, 5) is 6.15. The van der Waals surface area contributed by atoms with E-state index in [9.17, 15) is 5.26 Å². The lowest BCUT2D eigenvalue weighted by Gasteiger charge is -2.27. The Morgan fingerprint density at radius 1 is 0.622 bits per heavy atom. The Morgan fingerprint density at radius 2 is 1.22 bits per heavy atom.